The van der Waals surface area contributed by atoms with E-state index in [0.29, 0.717) is 10.8 Å². The molecule has 5 heteroatoms. The molecule has 1 heterocycles. The van der Waals surface area contributed by atoms with Crippen LogP contribution >= 0.6 is 23.4 Å². The normalized spacial score (nSPS) is 10.0. The van der Waals surface area contributed by atoms with Crippen LogP contribution in [-0.4, -0.2) is 15.7 Å². The Balaban J connectivity index is 2.96. The van der Waals surface area contributed by atoms with E-state index in [1.54, 1.807) is 11.8 Å². The zero-order valence-corrected chi connectivity index (χ0v) is 7.61. The quantitative estimate of drug-likeness (QED) is 0.570. The Kier molecular flexibility index (Phi) is 2.96. The molecule has 0 fully saturated rings. The van der Waals surface area contributed by atoms with Crippen molar-refractivity contribution < 1.29 is 0 Å². The minimum atomic E-state index is 0.330. The second kappa shape index (κ2) is 3.78. The zero-order valence-electron chi connectivity index (χ0n) is 6.04. The van der Waals surface area contributed by atoms with Crippen molar-refractivity contribution in [2.24, 2.45) is 0 Å². The van der Waals surface area contributed by atoms with Gasteiger partial charge in [-0.1, -0.05) is 18.5 Å². The average Bonchev–Trinajstić information content (AvgIpc) is 1.99. The zero-order chi connectivity index (χ0) is 8.27. The van der Waals surface area contributed by atoms with Crippen molar-refractivity contribution in [1.29, 1.82) is 0 Å². The standard InChI is InChI=1S/C6H8ClN3S/c1-2-11-6-4(8)5(7)9-3-10-6/h3H,2,8H2,1H3. The van der Waals surface area contributed by atoms with Crippen molar-refractivity contribution in [2.45, 2.75) is 11.9 Å². The van der Waals surface area contributed by atoms with Gasteiger partial charge in [0.2, 0.25) is 0 Å². The van der Waals surface area contributed by atoms with E-state index in [2.05, 4.69) is 9.97 Å². The number of nitrogens with two attached hydrogens (primary N) is 1. The van der Waals surface area contributed by atoms with Crippen LogP contribution in [0, 0.1) is 0 Å². The molecule has 0 aliphatic rings. The minimum Gasteiger partial charge on any atom is -0.394 e. The molecule has 0 aliphatic heterocycles. The summed E-state index contributed by atoms with van der Waals surface area (Å²) in [5.41, 5.74) is 6.06. The molecule has 2 N–H and O–H groups in total. The van der Waals surface area contributed by atoms with Crippen LogP contribution in [0.15, 0.2) is 11.4 Å². The molecule has 0 saturated carbocycles. The van der Waals surface area contributed by atoms with Gasteiger partial charge in [-0.15, -0.1) is 11.8 Å². The maximum absolute atomic E-state index is 5.66. The van der Waals surface area contributed by atoms with E-state index in [1.807, 2.05) is 6.92 Å². The van der Waals surface area contributed by atoms with Crippen LogP contribution in [0.1, 0.15) is 6.92 Å². The molecule has 0 aromatic carbocycles. The summed E-state index contributed by atoms with van der Waals surface area (Å²) in [6.45, 7) is 2.03. The number of aromatic nitrogens is 2. The Morgan fingerprint density at radius 3 is 3.00 bits per heavy atom. The number of hydrogen-bond acceptors (Lipinski definition) is 4. The van der Waals surface area contributed by atoms with Crippen molar-refractivity contribution in [3.8, 4) is 0 Å². The van der Waals surface area contributed by atoms with Crippen LogP contribution in [-0.2, 0) is 0 Å². The van der Waals surface area contributed by atoms with E-state index in [4.69, 9.17) is 17.3 Å². The summed E-state index contributed by atoms with van der Waals surface area (Å²) in [7, 11) is 0. The van der Waals surface area contributed by atoms with E-state index in [-0.39, 0.29) is 0 Å². The van der Waals surface area contributed by atoms with Crippen LogP contribution in [0.2, 0.25) is 5.15 Å². The van der Waals surface area contributed by atoms with Gasteiger partial charge >= 0.3 is 0 Å². The molecule has 0 bridgehead atoms. The summed E-state index contributed by atoms with van der Waals surface area (Å²) in [4.78, 5) is 7.71. The lowest BCUT2D eigenvalue weighted by Gasteiger charge is -2.01. The lowest BCUT2D eigenvalue weighted by atomic mass is 10.6. The average molecular weight is 190 g/mol. The lowest BCUT2D eigenvalue weighted by Crippen LogP contribution is -1.94. The third-order valence-electron chi connectivity index (χ3n) is 1.08. The van der Waals surface area contributed by atoms with Crippen LogP contribution in [0.5, 0.6) is 0 Å². The van der Waals surface area contributed by atoms with Gasteiger partial charge in [-0.25, -0.2) is 9.97 Å². The molecule has 11 heavy (non-hydrogen) atoms. The first-order valence-electron chi connectivity index (χ1n) is 3.14. The van der Waals surface area contributed by atoms with Crippen molar-refractivity contribution >= 4 is 29.1 Å². The maximum atomic E-state index is 5.66. The lowest BCUT2D eigenvalue weighted by molar-refractivity contribution is 1.06. The maximum Gasteiger partial charge on any atom is 0.156 e. The molecule has 60 valence electrons. The van der Waals surface area contributed by atoms with Crippen molar-refractivity contribution in [3.63, 3.8) is 0 Å². The van der Waals surface area contributed by atoms with E-state index in [9.17, 15) is 0 Å². The van der Waals surface area contributed by atoms with Crippen molar-refractivity contribution in [2.75, 3.05) is 11.5 Å². The monoisotopic (exact) mass is 189 g/mol. The molecule has 1 aromatic heterocycles. The van der Waals surface area contributed by atoms with Gasteiger partial charge in [0.1, 0.15) is 17.0 Å². The van der Waals surface area contributed by atoms with E-state index >= 15 is 0 Å². The van der Waals surface area contributed by atoms with Gasteiger partial charge in [-0.3, -0.25) is 0 Å². The van der Waals surface area contributed by atoms with Crippen molar-refractivity contribution in [1.82, 2.24) is 9.97 Å². The first-order valence-corrected chi connectivity index (χ1v) is 4.50. The molecular weight excluding hydrogens is 182 g/mol. The summed E-state index contributed by atoms with van der Waals surface area (Å²) >= 11 is 7.22. The molecule has 0 spiro atoms. The third-order valence-corrected chi connectivity index (χ3v) is 2.27. The number of rotatable bonds is 2. The topological polar surface area (TPSA) is 51.8 Å². The summed E-state index contributed by atoms with van der Waals surface area (Å²) in [6.07, 6.45) is 1.41. The Morgan fingerprint density at radius 2 is 2.36 bits per heavy atom. The molecule has 3 nitrogen and oxygen atoms in total. The molecule has 0 unspecified atom stereocenters. The Hall–Kier alpha value is -0.480. The molecule has 0 radical (unpaired) electrons. The second-order valence-corrected chi connectivity index (χ2v) is 3.43. The third kappa shape index (κ3) is 1.97. The van der Waals surface area contributed by atoms with Crippen LogP contribution in [0.3, 0.4) is 0 Å². The molecule has 0 aliphatic carbocycles. The van der Waals surface area contributed by atoms with Gasteiger partial charge in [-0.05, 0) is 5.75 Å². The Morgan fingerprint density at radius 1 is 1.64 bits per heavy atom. The number of nitrogens with zero attached hydrogens (tertiary/aromatic N) is 2. The fourth-order valence-corrected chi connectivity index (χ4v) is 1.45. The predicted molar refractivity (Wildman–Crippen MR) is 47.9 cm³/mol. The first-order chi connectivity index (χ1) is 5.25. The SMILES string of the molecule is CCSc1ncnc(Cl)c1N. The smallest absolute Gasteiger partial charge is 0.156 e. The Labute approximate surface area is 74.4 Å². The van der Waals surface area contributed by atoms with Gasteiger partial charge in [0.05, 0.1) is 0 Å². The molecule has 1 aromatic rings. The van der Waals surface area contributed by atoms with Gasteiger partial charge in [0.25, 0.3) is 0 Å². The highest BCUT2D eigenvalue weighted by atomic mass is 35.5. The molecule has 1 rings (SSSR count). The number of halogens is 1. The summed E-state index contributed by atoms with van der Waals surface area (Å²) in [6, 6.07) is 0. The fourth-order valence-electron chi connectivity index (χ4n) is 0.611. The number of nitrogen functional groups attached to an aromatic ring is 1. The number of thioether (sulfide) groups is 1. The highest BCUT2D eigenvalue weighted by molar-refractivity contribution is 7.99. The van der Waals surface area contributed by atoms with Crippen LogP contribution in [0.25, 0.3) is 0 Å². The molecule has 0 atom stereocenters. The minimum absolute atomic E-state index is 0.330. The van der Waals surface area contributed by atoms with E-state index in [1.165, 1.54) is 6.33 Å². The van der Waals surface area contributed by atoms with Gasteiger partial charge in [0.15, 0.2) is 5.15 Å². The number of anilines is 1. The predicted octanol–water partition coefficient (Wildman–Crippen LogP) is 1.82. The van der Waals surface area contributed by atoms with E-state index < -0.39 is 0 Å². The first kappa shape index (κ1) is 8.62. The fraction of sp³-hybridized carbons (Fsp3) is 0.333. The summed E-state index contributed by atoms with van der Waals surface area (Å²) in [5.74, 6) is 0.928. The van der Waals surface area contributed by atoms with Crippen molar-refractivity contribution in [3.05, 3.63) is 11.5 Å². The molecule has 0 amide bonds. The highest BCUT2D eigenvalue weighted by Gasteiger charge is 2.04. The van der Waals surface area contributed by atoms with E-state index in [0.717, 1.165) is 10.8 Å². The largest absolute Gasteiger partial charge is 0.394 e. The van der Waals surface area contributed by atoms with Gasteiger partial charge in [-0.2, -0.15) is 0 Å². The van der Waals surface area contributed by atoms with Crippen LogP contribution in [0.4, 0.5) is 5.69 Å². The second-order valence-electron chi connectivity index (χ2n) is 1.82. The Bertz CT molecular complexity index is 254. The molecular formula is C6H8ClN3S. The van der Waals surface area contributed by atoms with Gasteiger partial charge < -0.3 is 5.73 Å². The van der Waals surface area contributed by atoms with Gasteiger partial charge in [0, 0.05) is 0 Å². The summed E-state index contributed by atoms with van der Waals surface area (Å²) < 4.78 is 0. The van der Waals surface area contributed by atoms with Crippen LogP contribution < -0.4 is 5.73 Å². The highest BCUT2D eigenvalue weighted by Crippen LogP contribution is 2.26. The number of hydrogen-bond donors (Lipinski definition) is 1. The summed E-state index contributed by atoms with van der Waals surface area (Å²) in [5, 5.41) is 1.09. The molecule has 0 saturated heterocycles.